The van der Waals surface area contributed by atoms with Crippen LogP contribution in [0.2, 0.25) is 0 Å². The van der Waals surface area contributed by atoms with Crippen LogP contribution in [-0.2, 0) is 0 Å². The summed E-state index contributed by atoms with van der Waals surface area (Å²) in [6.45, 7) is 2.23. The molecule has 0 aliphatic heterocycles. The summed E-state index contributed by atoms with van der Waals surface area (Å²) in [7, 11) is 1.88. The van der Waals surface area contributed by atoms with E-state index in [1.165, 1.54) is 18.6 Å². The highest BCUT2D eigenvalue weighted by Crippen LogP contribution is 2.22. The third kappa shape index (κ3) is 0.671. The Morgan fingerprint density at radius 1 is 1.71 bits per heavy atom. The molecule has 1 saturated carbocycles. The molecule has 1 heteroatoms. The summed E-state index contributed by atoms with van der Waals surface area (Å²) >= 11 is 0. The fourth-order valence-corrected chi connectivity index (χ4v) is 0.894. The molecule has 40 valence electrons. The molecule has 7 heavy (non-hydrogen) atoms. The van der Waals surface area contributed by atoms with Gasteiger partial charge in [0, 0.05) is 12.8 Å². The minimum atomic E-state index is 0.796. The molecule has 0 aromatic carbocycles. The number of hydrogen-bond donors (Lipinski definition) is 0. The number of nitrogens with zero attached hydrogens (tertiary/aromatic N) is 1. The number of aliphatic imine (C=N–C) groups is 1. The summed E-state index contributed by atoms with van der Waals surface area (Å²) in [4.78, 5) is 4.09. The molecule has 0 saturated heterocycles. The van der Waals surface area contributed by atoms with Crippen molar-refractivity contribution in [1.29, 1.82) is 0 Å². The van der Waals surface area contributed by atoms with Crippen molar-refractivity contribution < 1.29 is 0 Å². The van der Waals surface area contributed by atoms with Crippen LogP contribution in [0.1, 0.15) is 19.8 Å². The van der Waals surface area contributed by atoms with E-state index in [4.69, 9.17) is 0 Å². The van der Waals surface area contributed by atoms with Gasteiger partial charge in [-0.1, -0.05) is 6.92 Å². The maximum absolute atomic E-state index is 4.09. The maximum atomic E-state index is 4.09. The van der Waals surface area contributed by atoms with E-state index in [1.807, 2.05) is 7.05 Å². The molecule has 0 N–H and O–H groups in total. The Hall–Kier alpha value is -0.330. The minimum absolute atomic E-state index is 0.796. The third-order valence-electron chi connectivity index (χ3n) is 1.69. The first-order chi connectivity index (χ1) is 3.34. The van der Waals surface area contributed by atoms with Gasteiger partial charge >= 0.3 is 0 Å². The van der Waals surface area contributed by atoms with Gasteiger partial charge in [0.1, 0.15) is 0 Å². The molecular weight excluding hydrogens is 86.1 g/mol. The molecule has 1 rings (SSSR count). The summed E-state index contributed by atoms with van der Waals surface area (Å²) in [6, 6.07) is 0. The first kappa shape index (κ1) is 4.82. The highest BCUT2D eigenvalue weighted by atomic mass is 14.7. The molecule has 0 radical (unpaired) electrons. The zero-order chi connectivity index (χ0) is 5.28. The van der Waals surface area contributed by atoms with Crippen LogP contribution < -0.4 is 0 Å². The molecule has 1 aliphatic rings. The molecular formula is C6H11N. The van der Waals surface area contributed by atoms with Crippen molar-refractivity contribution in [2.24, 2.45) is 10.9 Å². The molecule has 1 unspecified atom stereocenters. The molecule has 1 atom stereocenters. The molecule has 0 aromatic rings. The number of rotatable bonds is 0. The first-order valence-corrected chi connectivity index (χ1v) is 2.80. The van der Waals surface area contributed by atoms with Gasteiger partial charge in [-0.15, -0.1) is 0 Å². The second-order valence-electron chi connectivity index (χ2n) is 2.15. The van der Waals surface area contributed by atoms with Crippen LogP contribution in [0, 0.1) is 5.92 Å². The summed E-state index contributed by atoms with van der Waals surface area (Å²) in [5.41, 5.74) is 1.40. The van der Waals surface area contributed by atoms with E-state index in [1.54, 1.807) is 0 Å². The van der Waals surface area contributed by atoms with Gasteiger partial charge in [-0.25, -0.2) is 0 Å². The molecule has 1 aliphatic carbocycles. The van der Waals surface area contributed by atoms with Crippen LogP contribution in [0.25, 0.3) is 0 Å². The predicted octanol–water partition coefficient (Wildman–Crippen LogP) is 1.49. The van der Waals surface area contributed by atoms with Crippen LogP contribution in [-0.4, -0.2) is 12.8 Å². The van der Waals surface area contributed by atoms with Gasteiger partial charge in [0.05, 0.1) is 0 Å². The van der Waals surface area contributed by atoms with Crippen LogP contribution in [0.4, 0.5) is 0 Å². The molecule has 1 fully saturated rings. The normalized spacial score (nSPS) is 35.7. The van der Waals surface area contributed by atoms with Crippen LogP contribution in [0.5, 0.6) is 0 Å². The van der Waals surface area contributed by atoms with E-state index in [-0.39, 0.29) is 0 Å². The average molecular weight is 97.2 g/mol. The van der Waals surface area contributed by atoms with E-state index in [0.717, 1.165) is 5.92 Å². The summed E-state index contributed by atoms with van der Waals surface area (Å²) in [5, 5.41) is 0. The van der Waals surface area contributed by atoms with E-state index in [2.05, 4.69) is 11.9 Å². The van der Waals surface area contributed by atoms with E-state index in [0.29, 0.717) is 0 Å². The van der Waals surface area contributed by atoms with Crippen molar-refractivity contribution in [1.82, 2.24) is 0 Å². The lowest BCUT2D eigenvalue weighted by atomic mass is 9.85. The fraction of sp³-hybridized carbons (Fsp3) is 0.833. The lowest BCUT2D eigenvalue weighted by molar-refractivity contribution is 0.603. The van der Waals surface area contributed by atoms with Crippen LogP contribution in [0.15, 0.2) is 4.99 Å². The van der Waals surface area contributed by atoms with Gasteiger partial charge in [0.25, 0.3) is 0 Å². The van der Waals surface area contributed by atoms with Gasteiger partial charge in [-0.2, -0.15) is 0 Å². The fourth-order valence-electron chi connectivity index (χ4n) is 0.894. The van der Waals surface area contributed by atoms with Crippen molar-refractivity contribution in [3.8, 4) is 0 Å². The Morgan fingerprint density at radius 2 is 2.43 bits per heavy atom. The monoisotopic (exact) mass is 97.1 g/mol. The molecule has 1 nitrogen and oxygen atoms in total. The van der Waals surface area contributed by atoms with Crippen molar-refractivity contribution in [2.45, 2.75) is 19.8 Å². The number of hydrogen-bond acceptors (Lipinski definition) is 1. The van der Waals surface area contributed by atoms with Gasteiger partial charge in [-0.05, 0) is 18.8 Å². The molecule has 0 aromatic heterocycles. The standard InChI is InChI=1S/C6H11N/c1-5-3-4-6(5)7-2/h5H,3-4H2,1-2H3/b7-6+. The van der Waals surface area contributed by atoms with Crippen molar-refractivity contribution in [3.63, 3.8) is 0 Å². The first-order valence-electron chi connectivity index (χ1n) is 2.80. The third-order valence-corrected chi connectivity index (χ3v) is 1.69. The topological polar surface area (TPSA) is 12.4 Å². The zero-order valence-electron chi connectivity index (χ0n) is 4.94. The highest BCUT2D eigenvalue weighted by Gasteiger charge is 2.18. The van der Waals surface area contributed by atoms with Crippen molar-refractivity contribution in [3.05, 3.63) is 0 Å². The van der Waals surface area contributed by atoms with E-state index >= 15 is 0 Å². The Kier molecular flexibility index (Phi) is 1.13. The summed E-state index contributed by atoms with van der Waals surface area (Å²) < 4.78 is 0. The molecule has 0 spiro atoms. The Labute approximate surface area is 44.5 Å². The van der Waals surface area contributed by atoms with Crippen LogP contribution in [0.3, 0.4) is 0 Å². The molecule has 0 bridgehead atoms. The van der Waals surface area contributed by atoms with E-state index in [9.17, 15) is 0 Å². The molecule has 0 heterocycles. The molecule has 0 amide bonds. The lowest BCUT2D eigenvalue weighted by Crippen LogP contribution is -2.22. The Balaban J connectivity index is 2.44. The lowest BCUT2D eigenvalue weighted by Gasteiger charge is -2.23. The summed E-state index contributed by atoms with van der Waals surface area (Å²) in [5.74, 6) is 0.796. The zero-order valence-corrected chi connectivity index (χ0v) is 4.94. The SMILES string of the molecule is C/N=C1\CCC1C. The Bertz CT molecular complexity index is 94.4. The Morgan fingerprint density at radius 3 is 2.43 bits per heavy atom. The minimum Gasteiger partial charge on any atom is -0.297 e. The summed E-state index contributed by atoms with van der Waals surface area (Å²) in [6.07, 6.45) is 2.60. The predicted molar refractivity (Wildman–Crippen MR) is 31.8 cm³/mol. The van der Waals surface area contributed by atoms with Crippen LogP contribution >= 0.6 is 0 Å². The largest absolute Gasteiger partial charge is 0.297 e. The smallest absolute Gasteiger partial charge is 0.0276 e. The van der Waals surface area contributed by atoms with Gasteiger partial charge in [0.2, 0.25) is 0 Å². The highest BCUT2D eigenvalue weighted by molar-refractivity contribution is 5.91. The quantitative estimate of drug-likeness (QED) is 0.434. The second kappa shape index (κ2) is 1.65. The average Bonchev–Trinajstić information content (AvgIpc) is 1.65. The van der Waals surface area contributed by atoms with Crippen molar-refractivity contribution >= 4 is 5.71 Å². The van der Waals surface area contributed by atoms with E-state index < -0.39 is 0 Å². The maximum Gasteiger partial charge on any atom is 0.0276 e. The van der Waals surface area contributed by atoms with Gasteiger partial charge in [0.15, 0.2) is 0 Å². The second-order valence-corrected chi connectivity index (χ2v) is 2.15. The van der Waals surface area contributed by atoms with Gasteiger partial charge in [-0.3, -0.25) is 4.99 Å². The van der Waals surface area contributed by atoms with Crippen molar-refractivity contribution in [2.75, 3.05) is 7.05 Å². The van der Waals surface area contributed by atoms with Gasteiger partial charge < -0.3 is 0 Å².